The molecule has 1 aromatic carbocycles. The van der Waals surface area contributed by atoms with Crippen LogP contribution in [0.15, 0.2) is 53.9 Å². The Hall–Kier alpha value is -2.17. The van der Waals surface area contributed by atoms with Crippen LogP contribution >= 0.6 is 34.2 Å². The molecular formula is C27H30ClIN2O5. The molecule has 1 amide bonds. The normalized spacial score (nSPS) is 20.1. The first-order valence-electron chi connectivity index (χ1n) is 12.1. The minimum absolute atomic E-state index is 0.0208. The Bertz CT molecular complexity index is 1080. The molecule has 2 aliphatic rings. The van der Waals surface area contributed by atoms with Gasteiger partial charge >= 0.3 is 5.97 Å². The highest BCUT2D eigenvalue weighted by Gasteiger charge is 2.38. The van der Waals surface area contributed by atoms with Gasteiger partial charge in [-0.3, -0.25) is 4.79 Å². The zero-order chi connectivity index (χ0) is 25.5. The van der Waals surface area contributed by atoms with Crippen molar-refractivity contribution in [2.24, 2.45) is 0 Å². The molecule has 7 nitrogen and oxygen atoms in total. The SMILES string of the molecule is CC1=C(C(=O)OCc2ccc(OCCCI)cc2)[C@H](c2ccc(Cl)nc2)CC(=O)N1C[C@H]1CCCO1. The number of amides is 1. The molecule has 3 heterocycles. The first kappa shape index (κ1) is 26.9. The lowest BCUT2D eigenvalue weighted by Crippen LogP contribution is -2.42. The molecular weight excluding hydrogens is 595 g/mol. The number of rotatable bonds is 10. The van der Waals surface area contributed by atoms with Gasteiger partial charge in [0.2, 0.25) is 5.91 Å². The predicted octanol–water partition coefficient (Wildman–Crippen LogP) is 5.45. The van der Waals surface area contributed by atoms with Crippen molar-refractivity contribution in [3.63, 3.8) is 0 Å². The van der Waals surface area contributed by atoms with Crippen LogP contribution in [0.25, 0.3) is 0 Å². The van der Waals surface area contributed by atoms with Gasteiger partial charge in [-0.25, -0.2) is 9.78 Å². The van der Waals surface area contributed by atoms with Crippen molar-refractivity contribution in [1.29, 1.82) is 0 Å². The van der Waals surface area contributed by atoms with E-state index in [-0.39, 0.29) is 25.0 Å². The third kappa shape index (κ3) is 6.77. The number of ether oxygens (including phenoxy) is 3. The van der Waals surface area contributed by atoms with Crippen LogP contribution in [-0.4, -0.2) is 52.1 Å². The Morgan fingerprint density at radius 2 is 2.06 bits per heavy atom. The fraction of sp³-hybridized carbons (Fsp3) is 0.444. The van der Waals surface area contributed by atoms with Crippen LogP contribution in [-0.2, 0) is 25.7 Å². The van der Waals surface area contributed by atoms with Crippen LogP contribution in [0.4, 0.5) is 0 Å². The zero-order valence-electron chi connectivity index (χ0n) is 20.3. The predicted molar refractivity (Wildman–Crippen MR) is 145 cm³/mol. The number of benzene rings is 1. The molecule has 1 aromatic heterocycles. The van der Waals surface area contributed by atoms with Crippen LogP contribution in [0, 0.1) is 0 Å². The first-order chi connectivity index (χ1) is 17.5. The summed E-state index contributed by atoms with van der Waals surface area (Å²) in [5, 5.41) is 0.354. The van der Waals surface area contributed by atoms with Gasteiger partial charge in [0.25, 0.3) is 0 Å². The minimum atomic E-state index is -0.454. The van der Waals surface area contributed by atoms with E-state index in [1.807, 2.05) is 24.3 Å². The average Bonchev–Trinajstić information content (AvgIpc) is 3.39. The summed E-state index contributed by atoms with van der Waals surface area (Å²) >= 11 is 8.30. The van der Waals surface area contributed by atoms with Crippen molar-refractivity contribution in [2.75, 3.05) is 24.2 Å². The number of hydrogen-bond donors (Lipinski definition) is 0. The summed E-state index contributed by atoms with van der Waals surface area (Å²) in [4.78, 5) is 32.4. The lowest BCUT2D eigenvalue weighted by atomic mass is 9.84. The molecule has 1 saturated heterocycles. The molecule has 0 aliphatic carbocycles. The van der Waals surface area contributed by atoms with E-state index in [9.17, 15) is 9.59 Å². The fourth-order valence-electron chi connectivity index (χ4n) is 4.52. The Morgan fingerprint density at radius 1 is 1.25 bits per heavy atom. The van der Waals surface area contributed by atoms with Crippen molar-refractivity contribution in [3.8, 4) is 5.75 Å². The van der Waals surface area contributed by atoms with Gasteiger partial charge in [-0.05, 0) is 55.5 Å². The molecule has 2 atom stereocenters. The van der Waals surface area contributed by atoms with E-state index in [1.165, 1.54) is 0 Å². The molecule has 4 rings (SSSR count). The molecule has 1 fully saturated rings. The maximum absolute atomic E-state index is 13.4. The number of esters is 1. The van der Waals surface area contributed by atoms with Crippen molar-refractivity contribution in [1.82, 2.24) is 9.88 Å². The summed E-state index contributed by atoms with van der Waals surface area (Å²) in [5.74, 6) is -0.152. The average molecular weight is 625 g/mol. The number of nitrogens with zero attached hydrogens (tertiary/aromatic N) is 2. The molecule has 2 aliphatic heterocycles. The van der Waals surface area contributed by atoms with Crippen molar-refractivity contribution in [2.45, 2.75) is 51.2 Å². The van der Waals surface area contributed by atoms with Gasteiger partial charge < -0.3 is 19.1 Å². The number of allylic oxidation sites excluding steroid dienone is 1. The number of alkyl halides is 1. The maximum atomic E-state index is 13.4. The van der Waals surface area contributed by atoms with E-state index >= 15 is 0 Å². The van der Waals surface area contributed by atoms with Crippen LogP contribution in [0.2, 0.25) is 5.15 Å². The van der Waals surface area contributed by atoms with Crippen molar-refractivity contribution in [3.05, 3.63) is 70.1 Å². The Morgan fingerprint density at radius 3 is 2.72 bits per heavy atom. The Balaban J connectivity index is 1.52. The van der Waals surface area contributed by atoms with Crippen LogP contribution in [0.5, 0.6) is 5.75 Å². The highest BCUT2D eigenvalue weighted by Crippen LogP contribution is 2.37. The number of carbonyl (C=O) groups excluding carboxylic acids is 2. The summed E-state index contributed by atoms with van der Waals surface area (Å²) in [5.41, 5.74) is 2.68. The van der Waals surface area contributed by atoms with Gasteiger partial charge in [0.15, 0.2) is 0 Å². The first-order valence-corrected chi connectivity index (χ1v) is 14.1. The molecule has 36 heavy (non-hydrogen) atoms. The lowest BCUT2D eigenvalue weighted by molar-refractivity contribution is -0.141. The highest BCUT2D eigenvalue weighted by molar-refractivity contribution is 14.1. The second kappa shape index (κ2) is 12.9. The van der Waals surface area contributed by atoms with E-state index in [4.69, 9.17) is 25.8 Å². The summed E-state index contributed by atoms with van der Waals surface area (Å²) in [6.07, 6.45) is 4.62. The Labute approximate surface area is 230 Å². The maximum Gasteiger partial charge on any atom is 0.336 e. The molecule has 192 valence electrons. The second-order valence-corrected chi connectivity index (χ2v) is 10.4. The third-order valence-corrected chi connectivity index (χ3v) is 7.43. The largest absolute Gasteiger partial charge is 0.494 e. The number of carbonyl (C=O) groups is 2. The molecule has 0 spiro atoms. The molecule has 0 bridgehead atoms. The quantitative estimate of drug-likeness (QED) is 0.115. The zero-order valence-corrected chi connectivity index (χ0v) is 23.2. The summed E-state index contributed by atoms with van der Waals surface area (Å²) < 4.78 is 18.2. The third-order valence-electron chi connectivity index (χ3n) is 6.45. The van der Waals surface area contributed by atoms with Gasteiger partial charge in [0.1, 0.15) is 17.5 Å². The number of pyridine rings is 1. The topological polar surface area (TPSA) is 78.0 Å². The van der Waals surface area contributed by atoms with Crippen LogP contribution < -0.4 is 4.74 Å². The number of halogens is 2. The molecule has 0 N–H and O–H groups in total. The molecule has 0 radical (unpaired) electrons. The van der Waals surface area contributed by atoms with Gasteiger partial charge in [0.05, 0.1) is 24.8 Å². The highest BCUT2D eigenvalue weighted by atomic mass is 127. The molecule has 0 saturated carbocycles. The summed E-state index contributed by atoms with van der Waals surface area (Å²) in [6, 6.07) is 11.0. The lowest BCUT2D eigenvalue weighted by Gasteiger charge is -2.35. The van der Waals surface area contributed by atoms with Crippen LogP contribution in [0.1, 0.15) is 49.7 Å². The Kier molecular flexibility index (Phi) is 9.61. The van der Waals surface area contributed by atoms with E-state index in [0.29, 0.717) is 36.2 Å². The second-order valence-electron chi connectivity index (χ2n) is 8.92. The number of hydrogen-bond acceptors (Lipinski definition) is 6. The summed E-state index contributed by atoms with van der Waals surface area (Å²) in [6.45, 7) is 3.74. The number of aromatic nitrogens is 1. The molecule has 0 unspecified atom stereocenters. The van der Waals surface area contributed by atoms with E-state index < -0.39 is 11.9 Å². The van der Waals surface area contributed by atoms with Crippen molar-refractivity contribution >= 4 is 46.1 Å². The summed E-state index contributed by atoms with van der Waals surface area (Å²) in [7, 11) is 0. The van der Waals surface area contributed by atoms with Gasteiger partial charge in [-0.2, -0.15) is 0 Å². The smallest absolute Gasteiger partial charge is 0.336 e. The minimum Gasteiger partial charge on any atom is -0.494 e. The standard InChI is InChI=1S/C27H30ClIN2O5/c1-18-26(27(33)36-17-19-5-8-21(9-6-19)34-13-3-11-29)23(20-7-10-24(28)30-15-20)14-25(32)31(18)16-22-4-2-12-35-22/h5-10,15,22-23H,2-4,11-14,16-17H2,1H3/t22-,23+/m1/s1. The van der Waals surface area contributed by atoms with E-state index in [1.54, 1.807) is 30.2 Å². The van der Waals surface area contributed by atoms with Gasteiger partial charge in [-0.1, -0.05) is 52.4 Å². The molecule has 9 heteroatoms. The van der Waals surface area contributed by atoms with Gasteiger partial charge in [-0.15, -0.1) is 0 Å². The fourth-order valence-corrected chi connectivity index (χ4v) is 4.95. The van der Waals surface area contributed by atoms with E-state index in [2.05, 4.69) is 27.6 Å². The van der Waals surface area contributed by atoms with E-state index in [0.717, 1.165) is 40.6 Å². The molecule has 2 aromatic rings. The van der Waals surface area contributed by atoms with Crippen molar-refractivity contribution < 1.29 is 23.8 Å². The van der Waals surface area contributed by atoms with Gasteiger partial charge in [0, 0.05) is 35.3 Å². The monoisotopic (exact) mass is 624 g/mol. The van der Waals surface area contributed by atoms with Crippen LogP contribution in [0.3, 0.4) is 0 Å².